The SMILES string of the molecule is c1ccc(C2=NC(c3ccccc3)NC(c3cc4ccccc4cc3-c3ccc(C4(c5ccccc5)c5ccccc5-c5c4ccc4ccccc54)cc3)N2)cc1. The van der Waals surface area contributed by atoms with Crippen LogP contribution in [0.25, 0.3) is 43.8 Å². The number of benzene rings is 9. The lowest BCUT2D eigenvalue weighted by Gasteiger charge is -2.34. The van der Waals surface area contributed by atoms with Crippen LogP contribution >= 0.6 is 0 Å². The van der Waals surface area contributed by atoms with Gasteiger partial charge in [-0.1, -0.05) is 200 Å². The molecule has 1 aliphatic carbocycles. The van der Waals surface area contributed by atoms with Gasteiger partial charge in [0.15, 0.2) is 0 Å². The van der Waals surface area contributed by atoms with E-state index in [1.54, 1.807) is 0 Å². The predicted octanol–water partition coefficient (Wildman–Crippen LogP) is 12.4. The zero-order valence-corrected chi connectivity index (χ0v) is 31.3. The molecule has 0 amide bonds. The molecule has 1 aliphatic heterocycles. The van der Waals surface area contributed by atoms with Gasteiger partial charge in [0.1, 0.15) is 18.2 Å². The van der Waals surface area contributed by atoms with E-state index in [4.69, 9.17) is 4.99 Å². The predicted molar refractivity (Wildman–Crippen MR) is 235 cm³/mol. The minimum absolute atomic E-state index is 0.209. The number of fused-ring (bicyclic) bond motifs is 6. The maximum absolute atomic E-state index is 5.21. The lowest BCUT2D eigenvalue weighted by Crippen LogP contribution is -2.45. The molecule has 9 aromatic rings. The molecule has 3 heteroatoms. The first-order valence-electron chi connectivity index (χ1n) is 19.8. The van der Waals surface area contributed by atoms with E-state index in [9.17, 15) is 0 Å². The molecule has 0 saturated heterocycles. The van der Waals surface area contributed by atoms with Gasteiger partial charge in [0.05, 0.1) is 5.41 Å². The van der Waals surface area contributed by atoms with Crippen molar-refractivity contribution in [2.75, 3.05) is 0 Å². The third-order valence-corrected chi connectivity index (χ3v) is 12.0. The molecule has 11 rings (SSSR count). The Morgan fingerprint density at radius 3 is 1.82 bits per heavy atom. The molecule has 9 aromatic carbocycles. The zero-order valence-electron chi connectivity index (χ0n) is 31.3. The van der Waals surface area contributed by atoms with E-state index in [2.05, 4.69) is 223 Å². The van der Waals surface area contributed by atoms with Crippen LogP contribution in [0.1, 0.15) is 51.3 Å². The average molecular weight is 730 g/mol. The van der Waals surface area contributed by atoms with Crippen molar-refractivity contribution in [2.45, 2.75) is 17.7 Å². The fourth-order valence-corrected chi connectivity index (χ4v) is 9.44. The van der Waals surface area contributed by atoms with E-state index < -0.39 is 5.41 Å². The molecule has 0 bridgehead atoms. The van der Waals surface area contributed by atoms with Gasteiger partial charge < -0.3 is 5.32 Å². The number of nitrogens with one attached hydrogen (secondary N) is 2. The third kappa shape index (κ3) is 5.43. The third-order valence-electron chi connectivity index (χ3n) is 12.0. The van der Waals surface area contributed by atoms with Crippen molar-refractivity contribution in [3.63, 3.8) is 0 Å². The molecule has 57 heavy (non-hydrogen) atoms. The summed E-state index contributed by atoms with van der Waals surface area (Å²) in [6, 6.07) is 77.3. The van der Waals surface area contributed by atoms with E-state index in [0.29, 0.717) is 0 Å². The van der Waals surface area contributed by atoms with Gasteiger partial charge in [-0.25, -0.2) is 4.99 Å². The molecule has 0 aromatic heterocycles. The van der Waals surface area contributed by atoms with Crippen LogP contribution in [0.5, 0.6) is 0 Å². The van der Waals surface area contributed by atoms with Gasteiger partial charge in [-0.15, -0.1) is 0 Å². The first kappa shape index (κ1) is 33.3. The molecule has 0 fully saturated rings. The normalized spacial score (nSPS) is 18.4. The summed E-state index contributed by atoms with van der Waals surface area (Å²) in [7, 11) is 0. The quantitative estimate of drug-likeness (QED) is 0.179. The highest BCUT2D eigenvalue weighted by Gasteiger charge is 2.46. The number of hydrogen-bond acceptors (Lipinski definition) is 3. The molecular weight excluding hydrogens is 691 g/mol. The van der Waals surface area contributed by atoms with E-state index in [0.717, 1.165) is 22.5 Å². The van der Waals surface area contributed by atoms with Crippen LogP contribution in [0.3, 0.4) is 0 Å². The summed E-state index contributed by atoms with van der Waals surface area (Å²) >= 11 is 0. The lowest BCUT2D eigenvalue weighted by atomic mass is 9.67. The second-order valence-electron chi connectivity index (χ2n) is 15.1. The summed E-state index contributed by atoms with van der Waals surface area (Å²) in [5, 5.41) is 12.7. The van der Waals surface area contributed by atoms with Crippen molar-refractivity contribution in [1.82, 2.24) is 10.6 Å². The molecular formula is C54H39N3. The number of hydrogen-bond donors (Lipinski definition) is 2. The monoisotopic (exact) mass is 729 g/mol. The van der Waals surface area contributed by atoms with Gasteiger partial charge in [-0.2, -0.15) is 0 Å². The Bertz CT molecular complexity index is 2960. The van der Waals surface area contributed by atoms with Crippen molar-refractivity contribution in [3.05, 3.63) is 251 Å². The molecule has 2 N–H and O–H groups in total. The Kier molecular flexibility index (Phi) is 7.94. The van der Waals surface area contributed by atoms with E-state index in [1.807, 2.05) is 0 Å². The number of nitrogens with zero attached hydrogens (tertiary/aromatic N) is 1. The van der Waals surface area contributed by atoms with Crippen LogP contribution in [0.15, 0.2) is 217 Å². The van der Waals surface area contributed by atoms with Crippen molar-refractivity contribution in [1.29, 1.82) is 0 Å². The average Bonchev–Trinajstić information content (AvgIpc) is 3.61. The van der Waals surface area contributed by atoms with Gasteiger partial charge in [-0.05, 0) is 89.3 Å². The first-order chi connectivity index (χ1) is 28.3. The van der Waals surface area contributed by atoms with Gasteiger partial charge in [-0.3, -0.25) is 5.32 Å². The summed E-state index contributed by atoms with van der Waals surface area (Å²) in [5.41, 5.74) is 13.0. The fraction of sp³-hybridized carbons (Fsp3) is 0.0556. The maximum atomic E-state index is 5.21. The van der Waals surface area contributed by atoms with E-state index >= 15 is 0 Å². The summed E-state index contributed by atoms with van der Waals surface area (Å²) in [5.74, 6) is 0.874. The largest absolute Gasteiger partial charge is 0.350 e. The lowest BCUT2D eigenvalue weighted by molar-refractivity contribution is 0.410. The highest BCUT2D eigenvalue weighted by atomic mass is 15.3. The number of aliphatic imine (C=N–C) groups is 1. The van der Waals surface area contributed by atoms with Gasteiger partial charge in [0, 0.05) is 5.56 Å². The molecule has 0 radical (unpaired) electrons. The Balaban J connectivity index is 1.09. The zero-order chi connectivity index (χ0) is 37.8. The molecule has 2 aliphatic rings. The van der Waals surface area contributed by atoms with Crippen molar-refractivity contribution in [3.8, 4) is 22.3 Å². The minimum atomic E-state index is -0.488. The van der Waals surface area contributed by atoms with E-state index in [-0.39, 0.29) is 12.3 Å². The van der Waals surface area contributed by atoms with Crippen molar-refractivity contribution in [2.24, 2.45) is 4.99 Å². The van der Waals surface area contributed by atoms with Gasteiger partial charge >= 0.3 is 0 Å². The molecule has 0 spiro atoms. The number of amidine groups is 1. The Morgan fingerprint density at radius 1 is 0.439 bits per heavy atom. The van der Waals surface area contributed by atoms with Gasteiger partial charge in [0.25, 0.3) is 0 Å². The minimum Gasteiger partial charge on any atom is -0.350 e. The summed E-state index contributed by atoms with van der Waals surface area (Å²) in [6.07, 6.45) is -0.432. The van der Waals surface area contributed by atoms with Crippen LogP contribution < -0.4 is 10.6 Å². The smallest absolute Gasteiger partial charge is 0.131 e. The van der Waals surface area contributed by atoms with Crippen LogP contribution in [-0.4, -0.2) is 5.84 Å². The summed E-state index contributed by atoms with van der Waals surface area (Å²) in [4.78, 5) is 5.21. The maximum Gasteiger partial charge on any atom is 0.131 e. The molecule has 270 valence electrons. The summed E-state index contributed by atoms with van der Waals surface area (Å²) < 4.78 is 0. The van der Waals surface area contributed by atoms with Gasteiger partial charge in [0.2, 0.25) is 0 Å². The standard InChI is InChI=1S/C54H39N3/c1-4-17-38(18-5-1)51-55-52(39-19-6-2-7-20-39)57-53(56-51)47-35-41-22-11-10-21-40(41)34-46(47)37-28-31-43(32-29-37)54(42-23-8-3-9-24-42)48-27-15-14-26-45(48)50-44-25-13-12-16-36(44)30-33-49(50)54/h1-35,51,53,56H,(H,55,57). The highest BCUT2D eigenvalue weighted by molar-refractivity contribution is 6.04. The van der Waals surface area contributed by atoms with Crippen LogP contribution in [0.2, 0.25) is 0 Å². The Labute approximate surface area is 333 Å². The highest BCUT2D eigenvalue weighted by Crippen LogP contribution is 2.57. The first-order valence-corrected chi connectivity index (χ1v) is 19.8. The Hall–Kier alpha value is -7.07. The molecule has 0 saturated carbocycles. The molecule has 1 heterocycles. The second-order valence-corrected chi connectivity index (χ2v) is 15.1. The Morgan fingerprint density at radius 2 is 1.05 bits per heavy atom. The molecule has 3 nitrogen and oxygen atoms in total. The van der Waals surface area contributed by atoms with Crippen LogP contribution in [0, 0.1) is 0 Å². The van der Waals surface area contributed by atoms with E-state index in [1.165, 1.54) is 66.1 Å². The van der Waals surface area contributed by atoms with Crippen molar-refractivity contribution >= 4 is 27.4 Å². The summed E-state index contributed by atoms with van der Waals surface area (Å²) in [6.45, 7) is 0. The second kappa shape index (κ2) is 13.6. The van der Waals surface area contributed by atoms with Crippen LogP contribution in [0.4, 0.5) is 0 Å². The molecule has 3 unspecified atom stereocenters. The fourth-order valence-electron chi connectivity index (χ4n) is 9.44. The molecule has 3 atom stereocenters. The topological polar surface area (TPSA) is 36.4 Å². The van der Waals surface area contributed by atoms with Crippen molar-refractivity contribution < 1.29 is 0 Å². The van der Waals surface area contributed by atoms with Crippen LogP contribution in [-0.2, 0) is 5.41 Å². The number of rotatable bonds is 6.